The van der Waals surface area contributed by atoms with E-state index in [-0.39, 0.29) is 5.82 Å². The number of nitrogens with one attached hydrogen (secondary N) is 1. The molecule has 0 spiro atoms. The highest BCUT2D eigenvalue weighted by Gasteiger charge is 2.08. The number of halogens is 1. The van der Waals surface area contributed by atoms with E-state index in [1.807, 2.05) is 7.05 Å². The minimum atomic E-state index is -0.230. The number of aryl methyl sites for hydroxylation is 1. The van der Waals surface area contributed by atoms with Gasteiger partial charge in [-0.25, -0.2) is 14.4 Å². The van der Waals surface area contributed by atoms with Gasteiger partial charge in [0.25, 0.3) is 0 Å². The molecule has 19 heavy (non-hydrogen) atoms. The molecule has 0 fully saturated rings. The molecule has 3 aromatic rings. The fourth-order valence-electron chi connectivity index (χ4n) is 1.92. The van der Waals surface area contributed by atoms with Crippen molar-refractivity contribution in [3.63, 3.8) is 0 Å². The summed E-state index contributed by atoms with van der Waals surface area (Å²) in [5.74, 6) is 0.424. The molecule has 0 aliphatic heterocycles. The van der Waals surface area contributed by atoms with E-state index in [1.54, 1.807) is 29.1 Å². The third kappa shape index (κ3) is 2.12. The maximum Gasteiger partial charge on any atom is 0.163 e. The first-order valence-electron chi connectivity index (χ1n) is 5.85. The molecule has 0 saturated carbocycles. The van der Waals surface area contributed by atoms with Crippen LogP contribution in [-0.4, -0.2) is 19.7 Å². The Morgan fingerprint density at radius 2 is 2.11 bits per heavy atom. The molecule has 1 aromatic carbocycles. The van der Waals surface area contributed by atoms with Gasteiger partial charge in [-0.2, -0.15) is 5.10 Å². The number of fused-ring (bicyclic) bond motifs is 1. The fraction of sp³-hybridized carbons (Fsp3) is 0.154. The second-order valence-corrected chi connectivity index (χ2v) is 4.17. The molecule has 0 atom stereocenters. The van der Waals surface area contributed by atoms with Gasteiger partial charge in [0.05, 0.1) is 11.6 Å². The smallest absolute Gasteiger partial charge is 0.163 e. The molecule has 0 unspecified atom stereocenters. The van der Waals surface area contributed by atoms with Crippen molar-refractivity contribution in [2.75, 3.05) is 5.32 Å². The van der Waals surface area contributed by atoms with Crippen LogP contribution in [0.4, 0.5) is 10.2 Å². The topological polar surface area (TPSA) is 55.6 Å². The lowest BCUT2D eigenvalue weighted by Crippen LogP contribution is -2.04. The van der Waals surface area contributed by atoms with Crippen molar-refractivity contribution in [1.29, 1.82) is 0 Å². The summed E-state index contributed by atoms with van der Waals surface area (Å²) in [6.45, 7) is 0.369. The molecule has 0 saturated heterocycles. The Bertz CT molecular complexity index is 722. The van der Waals surface area contributed by atoms with Crippen LogP contribution in [0.1, 0.15) is 5.56 Å². The second-order valence-electron chi connectivity index (χ2n) is 4.17. The lowest BCUT2D eigenvalue weighted by Gasteiger charge is -2.07. The van der Waals surface area contributed by atoms with E-state index >= 15 is 0 Å². The van der Waals surface area contributed by atoms with Gasteiger partial charge in [-0.1, -0.05) is 18.2 Å². The molecule has 96 valence electrons. The molecule has 0 bridgehead atoms. The molecule has 3 rings (SSSR count). The number of hydrogen-bond acceptors (Lipinski definition) is 4. The van der Waals surface area contributed by atoms with Crippen molar-refractivity contribution in [3.05, 3.63) is 48.2 Å². The summed E-state index contributed by atoms with van der Waals surface area (Å²) in [4.78, 5) is 8.32. The SMILES string of the molecule is Cn1ncc2c(NCc3ccccc3F)ncnc21. The Kier molecular flexibility index (Phi) is 2.83. The molecule has 1 N–H and O–H groups in total. The third-order valence-corrected chi connectivity index (χ3v) is 2.93. The van der Waals surface area contributed by atoms with Crippen LogP contribution in [-0.2, 0) is 13.6 Å². The van der Waals surface area contributed by atoms with E-state index in [9.17, 15) is 4.39 Å². The number of anilines is 1. The van der Waals surface area contributed by atoms with E-state index in [1.165, 1.54) is 12.4 Å². The highest BCUT2D eigenvalue weighted by molar-refractivity contribution is 5.85. The van der Waals surface area contributed by atoms with Gasteiger partial charge in [-0.05, 0) is 6.07 Å². The van der Waals surface area contributed by atoms with Crippen molar-refractivity contribution in [2.24, 2.45) is 7.05 Å². The van der Waals surface area contributed by atoms with Crippen LogP contribution in [0.5, 0.6) is 0 Å². The molecule has 0 aliphatic carbocycles. The normalized spacial score (nSPS) is 10.8. The van der Waals surface area contributed by atoms with Crippen LogP contribution in [0.15, 0.2) is 36.8 Å². The number of nitrogens with zero attached hydrogens (tertiary/aromatic N) is 4. The summed E-state index contributed by atoms with van der Waals surface area (Å²) in [6.07, 6.45) is 3.16. The van der Waals surface area contributed by atoms with E-state index in [0.29, 0.717) is 17.9 Å². The first kappa shape index (κ1) is 11.6. The maximum absolute atomic E-state index is 13.5. The maximum atomic E-state index is 13.5. The van der Waals surface area contributed by atoms with Crippen molar-refractivity contribution in [3.8, 4) is 0 Å². The predicted molar refractivity (Wildman–Crippen MR) is 70.0 cm³/mol. The number of aromatic nitrogens is 4. The minimum Gasteiger partial charge on any atom is -0.365 e. The van der Waals surface area contributed by atoms with Crippen molar-refractivity contribution < 1.29 is 4.39 Å². The van der Waals surface area contributed by atoms with E-state index < -0.39 is 0 Å². The monoisotopic (exact) mass is 257 g/mol. The van der Waals surface area contributed by atoms with Gasteiger partial charge in [0.2, 0.25) is 0 Å². The average Bonchev–Trinajstić information content (AvgIpc) is 2.81. The van der Waals surface area contributed by atoms with Crippen molar-refractivity contribution in [1.82, 2.24) is 19.7 Å². The van der Waals surface area contributed by atoms with Crippen LogP contribution < -0.4 is 5.32 Å². The molecule has 0 aliphatic rings. The largest absolute Gasteiger partial charge is 0.365 e. The van der Waals surface area contributed by atoms with E-state index in [4.69, 9.17) is 0 Å². The van der Waals surface area contributed by atoms with Crippen molar-refractivity contribution in [2.45, 2.75) is 6.54 Å². The molecule has 2 heterocycles. The lowest BCUT2D eigenvalue weighted by molar-refractivity contribution is 0.613. The average molecular weight is 257 g/mol. The van der Waals surface area contributed by atoms with Crippen LogP contribution in [0, 0.1) is 5.82 Å². The first-order valence-corrected chi connectivity index (χ1v) is 5.85. The Hall–Kier alpha value is -2.50. The number of benzene rings is 1. The Balaban J connectivity index is 1.88. The van der Waals surface area contributed by atoms with Gasteiger partial charge in [0, 0.05) is 19.2 Å². The molecule has 6 heteroatoms. The van der Waals surface area contributed by atoms with Gasteiger partial charge < -0.3 is 5.32 Å². The van der Waals surface area contributed by atoms with Crippen LogP contribution >= 0.6 is 0 Å². The first-order chi connectivity index (χ1) is 9.25. The van der Waals surface area contributed by atoms with Gasteiger partial charge in [0.1, 0.15) is 18.0 Å². The van der Waals surface area contributed by atoms with Gasteiger partial charge in [-0.3, -0.25) is 4.68 Å². The zero-order valence-electron chi connectivity index (χ0n) is 10.3. The van der Waals surface area contributed by atoms with Gasteiger partial charge >= 0.3 is 0 Å². The van der Waals surface area contributed by atoms with Crippen molar-refractivity contribution >= 4 is 16.9 Å². The summed E-state index contributed by atoms with van der Waals surface area (Å²) in [5, 5.41) is 8.06. The Labute approximate surface area is 109 Å². The Morgan fingerprint density at radius 1 is 1.26 bits per heavy atom. The summed E-state index contributed by atoms with van der Waals surface area (Å²) < 4.78 is 15.2. The molecular formula is C13H12FN5. The lowest BCUT2D eigenvalue weighted by atomic mass is 10.2. The van der Waals surface area contributed by atoms with Gasteiger partial charge in [0.15, 0.2) is 5.65 Å². The predicted octanol–water partition coefficient (Wildman–Crippen LogP) is 2.11. The third-order valence-electron chi connectivity index (χ3n) is 2.93. The van der Waals surface area contributed by atoms with Crippen LogP contribution in [0.3, 0.4) is 0 Å². The fourth-order valence-corrected chi connectivity index (χ4v) is 1.92. The zero-order chi connectivity index (χ0) is 13.2. The second kappa shape index (κ2) is 4.64. The molecule has 2 aromatic heterocycles. The Morgan fingerprint density at radius 3 is 2.95 bits per heavy atom. The number of hydrogen-bond donors (Lipinski definition) is 1. The minimum absolute atomic E-state index is 0.230. The quantitative estimate of drug-likeness (QED) is 0.780. The van der Waals surface area contributed by atoms with Crippen LogP contribution in [0.2, 0.25) is 0 Å². The van der Waals surface area contributed by atoms with Gasteiger partial charge in [-0.15, -0.1) is 0 Å². The molecule has 5 nitrogen and oxygen atoms in total. The van der Waals surface area contributed by atoms with Crippen LogP contribution in [0.25, 0.3) is 11.0 Å². The zero-order valence-corrected chi connectivity index (χ0v) is 10.3. The summed E-state index contributed by atoms with van der Waals surface area (Å²) in [6, 6.07) is 6.66. The highest BCUT2D eigenvalue weighted by Crippen LogP contribution is 2.18. The standard InChI is InChI=1S/C13H12FN5/c1-19-13-10(7-18-19)12(16-8-17-13)15-6-9-4-2-3-5-11(9)14/h2-5,7-8H,6H2,1H3,(H,15,16,17). The van der Waals surface area contributed by atoms with E-state index in [0.717, 1.165) is 11.0 Å². The van der Waals surface area contributed by atoms with E-state index in [2.05, 4.69) is 20.4 Å². The molecular weight excluding hydrogens is 245 g/mol. The highest BCUT2D eigenvalue weighted by atomic mass is 19.1. The number of rotatable bonds is 3. The summed E-state index contributed by atoms with van der Waals surface area (Å²) in [5.41, 5.74) is 1.34. The molecule has 0 amide bonds. The molecule has 0 radical (unpaired) electrons. The summed E-state index contributed by atoms with van der Waals surface area (Å²) >= 11 is 0. The summed E-state index contributed by atoms with van der Waals surface area (Å²) in [7, 11) is 1.82.